The summed E-state index contributed by atoms with van der Waals surface area (Å²) in [6.45, 7) is 1.29. The van der Waals surface area contributed by atoms with E-state index in [0.717, 1.165) is 55.6 Å². The van der Waals surface area contributed by atoms with Gasteiger partial charge in [-0.2, -0.15) is 0 Å². The lowest BCUT2D eigenvalue weighted by Gasteiger charge is -2.39. The Morgan fingerprint density at radius 1 is 1.27 bits per heavy atom. The largest absolute Gasteiger partial charge is 0.440 e. The third-order valence-electron chi connectivity index (χ3n) is 6.15. The van der Waals surface area contributed by atoms with Crippen molar-refractivity contribution in [1.29, 1.82) is 0 Å². The molecule has 3 aliphatic rings. The number of aromatic nitrogens is 2. The van der Waals surface area contributed by atoms with Crippen molar-refractivity contribution in [2.24, 2.45) is 0 Å². The van der Waals surface area contributed by atoms with Crippen molar-refractivity contribution in [3.8, 4) is 0 Å². The number of fused-ring (bicyclic) bond motifs is 2. The Morgan fingerprint density at radius 3 is 2.69 bits per heavy atom. The molecule has 0 atom stereocenters. The molecule has 2 aliphatic carbocycles. The normalized spacial score (nSPS) is 21.2. The average molecular weight is 374 g/mol. The number of H-pyrrole nitrogens is 1. The summed E-state index contributed by atoms with van der Waals surface area (Å²) in [5.74, 6) is 1.45. The Bertz CT molecular complexity index is 936. The Kier molecular flexibility index (Phi) is 3.54. The summed E-state index contributed by atoms with van der Waals surface area (Å²) < 4.78 is 5.25. The molecule has 2 aromatic rings. The molecule has 1 saturated heterocycles. The molecule has 0 unspecified atom stereocenters. The molecule has 136 valence electrons. The van der Waals surface area contributed by atoms with Crippen molar-refractivity contribution in [2.45, 2.75) is 49.9 Å². The standard InChI is InChI=1S/C19H20ClN3O3/c20-14-4-3-13(26-14)18(25)23-9-7-19(8-10-23)6-5-12-15(19)21-16(11-1-2-11)22-17(12)24/h3-4,11H,1-2,5-10H2,(H,21,22,24). The van der Waals surface area contributed by atoms with E-state index in [1.807, 2.05) is 4.90 Å². The molecular weight excluding hydrogens is 354 g/mol. The maximum Gasteiger partial charge on any atom is 0.289 e. The van der Waals surface area contributed by atoms with Gasteiger partial charge in [-0.25, -0.2) is 4.98 Å². The fraction of sp³-hybridized carbons (Fsp3) is 0.526. The van der Waals surface area contributed by atoms with Gasteiger partial charge in [-0.05, 0) is 62.3 Å². The van der Waals surface area contributed by atoms with Gasteiger partial charge >= 0.3 is 0 Å². The topological polar surface area (TPSA) is 79.2 Å². The van der Waals surface area contributed by atoms with Gasteiger partial charge in [0.2, 0.25) is 0 Å². The molecule has 5 rings (SSSR count). The number of hydrogen-bond acceptors (Lipinski definition) is 4. The third kappa shape index (κ3) is 2.50. The van der Waals surface area contributed by atoms with Gasteiger partial charge in [-0.1, -0.05) is 0 Å². The predicted octanol–water partition coefficient (Wildman–Crippen LogP) is 3.01. The van der Waals surface area contributed by atoms with E-state index in [2.05, 4.69) is 4.98 Å². The van der Waals surface area contributed by atoms with Crippen molar-refractivity contribution < 1.29 is 9.21 Å². The number of nitrogens with zero attached hydrogens (tertiary/aromatic N) is 2. The van der Waals surface area contributed by atoms with Crippen molar-refractivity contribution in [3.05, 3.63) is 50.5 Å². The number of piperidine rings is 1. The zero-order valence-corrected chi connectivity index (χ0v) is 15.1. The van der Waals surface area contributed by atoms with Gasteiger partial charge in [-0.3, -0.25) is 9.59 Å². The monoisotopic (exact) mass is 373 g/mol. The number of carbonyl (C=O) groups excluding carboxylic acids is 1. The van der Waals surface area contributed by atoms with Crippen LogP contribution in [0, 0.1) is 0 Å². The molecule has 6 nitrogen and oxygen atoms in total. The highest BCUT2D eigenvalue weighted by Crippen LogP contribution is 2.46. The van der Waals surface area contributed by atoms with Gasteiger partial charge in [0.05, 0.1) is 5.69 Å². The minimum Gasteiger partial charge on any atom is -0.440 e. The molecule has 1 saturated carbocycles. The number of rotatable bonds is 2. The van der Waals surface area contributed by atoms with Crippen LogP contribution in [0.2, 0.25) is 5.22 Å². The first kappa shape index (κ1) is 16.1. The third-order valence-corrected chi connectivity index (χ3v) is 6.35. The Morgan fingerprint density at radius 2 is 2.04 bits per heavy atom. The summed E-state index contributed by atoms with van der Waals surface area (Å²) in [6, 6.07) is 3.20. The quantitative estimate of drug-likeness (QED) is 0.877. The molecule has 1 aliphatic heterocycles. The van der Waals surface area contributed by atoms with Crippen LogP contribution in [-0.2, 0) is 11.8 Å². The summed E-state index contributed by atoms with van der Waals surface area (Å²) in [5.41, 5.74) is 1.82. The smallest absolute Gasteiger partial charge is 0.289 e. The first-order chi connectivity index (χ1) is 12.6. The van der Waals surface area contributed by atoms with E-state index in [4.69, 9.17) is 21.0 Å². The van der Waals surface area contributed by atoms with Gasteiger partial charge in [0, 0.05) is 30.0 Å². The van der Waals surface area contributed by atoms with Crippen LogP contribution in [0.3, 0.4) is 0 Å². The highest BCUT2D eigenvalue weighted by Gasteiger charge is 2.45. The highest BCUT2D eigenvalue weighted by molar-refractivity contribution is 6.29. The zero-order valence-electron chi connectivity index (χ0n) is 14.4. The summed E-state index contributed by atoms with van der Waals surface area (Å²) in [7, 11) is 0. The lowest BCUT2D eigenvalue weighted by Crippen LogP contribution is -2.44. The Labute approximate surface area is 155 Å². The number of hydrogen-bond donors (Lipinski definition) is 1. The lowest BCUT2D eigenvalue weighted by molar-refractivity contribution is 0.0632. The fourth-order valence-electron chi connectivity index (χ4n) is 4.43. The molecule has 3 heterocycles. The SMILES string of the molecule is O=C(c1ccc(Cl)o1)N1CCC2(CCc3c2nc(C2CC2)[nH]c3=O)CC1. The van der Waals surface area contributed by atoms with Gasteiger partial charge in [-0.15, -0.1) is 0 Å². The zero-order chi connectivity index (χ0) is 17.9. The van der Waals surface area contributed by atoms with Gasteiger partial charge in [0.25, 0.3) is 11.5 Å². The molecule has 1 amide bonds. The van der Waals surface area contributed by atoms with E-state index >= 15 is 0 Å². The van der Waals surface area contributed by atoms with E-state index in [1.165, 1.54) is 0 Å². The van der Waals surface area contributed by atoms with Crippen LogP contribution in [0.15, 0.2) is 21.3 Å². The molecule has 0 radical (unpaired) electrons. The van der Waals surface area contributed by atoms with Gasteiger partial charge in [0.15, 0.2) is 11.0 Å². The summed E-state index contributed by atoms with van der Waals surface area (Å²) >= 11 is 5.78. The first-order valence-corrected chi connectivity index (χ1v) is 9.62. The van der Waals surface area contributed by atoms with Crippen LogP contribution in [-0.4, -0.2) is 33.9 Å². The van der Waals surface area contributed by atoms with Crippen molar-refractivity contribution >= 4 is 17.5 Å². The summed E-state index contributed by atoms with van der Waals surface area (Å²) in [5, 5.41) is 0.225. The van der Waals surface area contributed by atoms with Crippen LogP contribution in [0.1, 0.15) is 65.7 Å². The van der Waals surface area contributed by atoms with E-state index in [9.17, 15) is 9.59 Å². The number of furan rings is 1. The van der Waals surface area contributed by atoms with Gasteiger partial charge in [0.1, 0.15) is 5.82 Å². The first-order valence-electron chi connectivity index (χ1n) is 9.24. The van der Waals surface area contributed by atoms with Crippen molar-refractivity contribution in [2.75, 3.05) is 13.1 Å². The maximum absolute atomic E-state index is 12.6. The molecule has 2 aromatic heterocycles. The van der Waals surface area contributed by atoms with Crippen LogP contribution in [0.5, 0.6) is 0 Å². The highest BCUT2D eigenvalue weighted by atomic mass is 35.5. The van der Waals surface area contributed by atoms with E-state index in [0.29, 0.717) is 19.0 Å². The number of amides is 1. The van der Waals surface area contributed by atoms with E-state index < -0.39 is 0 Å². The van der Waals surface area contributed by atoms with Crippen LogP contribution in [0.25, 0.3) is 0 Å². The Balaban J connectivity index is 1.39. The van der Waals surface area contributed by atoms with Crippen molar-refractivity contribution in [3.63, 3.8) is 0 Å². The maximum atomic E-state index is 12.6. The molecule has 2 fully saturated rings. The number of nitrogens with one attached hydrogen (secondary N) is 1. The van der Waals surface area contributed by atoms with Crippen LogP contribution in [0.4, 0.5) is 0 Å². The van der Waals surface area contributed by atoms with E-state index in [1.54, 1.807) is 12.1 Å². The van der Waals surface area contributed by atoms with Crippen LogP contribution < -0.4 is 5.56 Å². The number of carbonyl (C=O) groups is 1. The minimum absolute atomic E-state index is 0.0394. The van der Waals surface area contributed by atoms with Gasteiger partial charge < -0.3 is 14.3 Å². The second-order valence-corrected chi connectivity index (χ2v) is 8.10. The second-order valence-electron chi connectivity index (χ2n) is 7.73. The minimum atomic E-state index is -0.123. The molecule has 7 heteroatoms. The average Bonchev–Trinajstić information content (AvgIpc) is 3.32. The number of likely N-dealkylation sites (tertiary alicyclic amines) is 1. The molecule has 1 N–H and O–H groups in total. The number of aromatic amines is 1. The predicted molar refractivity (Wildman–Crippen MR) is 95.7 cm³/mol. The molecule has 1 spiro atoms. The fourth-order valence-corrected chi connectivity index (χ4v) is 4.57. The molecular formula is C19H20ClN3O3. The molecule has 0 aromatic carbocycles. The van der Waals surface area contributed by atoms with Crippen molar-refractivity contribution in [1.82, 2.24) is 14.9 Å². The lowest BCUT2D eigenvalue weighted by atomic mass is 9.76. The summed E-state index contributed by atoms with van der Waals surface area (Å²) in [6.07, 6.45) is 5.62. The molecule has 0 bridgehead atoms. The Hall–Kier alpha value is -2.08. The summed E-state index contributed by atoms with van der Waals surface area (Å²) in [4.78, 5) is 34.7. The number of halogens is 1. The molecule has 26 heavy (non-hydrogen) atoms. The van der Waals surface area contributed by atoms with Crippen LogP contribution >= 0.6 is 11.6 Å². The van der Waals surface area contributed by atoms with E-state index in [-0.39, 0.29) is 27.9 Å². The second kappa shape index (κ2) is 5.71.